The number of amides is 1. The van der Waals surface area contributed by atoms with Crippen molar-refractivity contribution in [2.24, 2.45) is 0 Å². The van der Waals surface area contributed by atoms with Gasteiger partial charge in [-0.1, -0.05) is 17.7 Å². The van der Waals surface area contributed by atoms with Gasteiger partial charge in [0.05, 0.1) is 5.56 Å². The van der Waals surface area contributed by atoms with Crippen LogP contribution >= 0.6 is 11.6 Å². The zero-order chi connectivity index (χ0) is 13.1. The quantitative estimate of drug-likeness (QED) is 0.850. The molecule has 1 heterocycles. The highest BCUT2D eigenvalue weighted by molar-refractivity contribution is 6.33. The highest BCUT2D eigenvalue weighted by Crippen LogP contribution is 2.20. The fourth-order valence-electron chi connectivity index (χ4n) is 1.35. The molecular formula is C12H7ClF2N2O. The van der Waals surface area contributed by atoms with Gasteiger partial charge in [-0.25, -0.2) is 13.8 Å². The second-order valence-electron chi connectivity index (χ2n) is 3.39. The lowest BCUT2D eigenvalue weighted by Gasteiger charge is -2.07. The van der Waals surface area contributed by atoms with Crippen LogP contribution in [0.1, 0.15) is 10.4 Å². The third-order valence-corrected chi connectivity index (χ3v) is 2.51. The second kappa shape index (κ2) is 5.10. The molecule has 3 nitrogen and oxygen atoms in total. The summed E-state index contributed by atoms with van der Waals surface area (Å²) in [6, 6.07) is 6.20. The summed E-state index contributed by atoms with van der Waals surface area (Å²) in [4.78, 5) is 15.5. The smallest absolute Gasteiger partial charge is 0.258 e. The second-order valence-corrected chi connectivity index (χ2v) is 3.75. The normalized spacial score (nSPS) is 10.2. The molecule has 0 fully saturated rings. The van der Waals surface area contributed by atoms with Crippen molar-refractivity contribution in [2.45, 2.75) is 0 Å². The number of hydrogen-bond acceptors (Lipinski definition) is 2. The molecule has 2 rings (SSSR count). The fourth-order valence-corrected chi connectivity index (χ4v) is 1.56. The van der Waals surface area contributed by atoms with Crippen molar-refractivity contribution >= 4 is 23.2 Å². The summed E-state index contributed by atoms with van der Waals surface area (Å²) in [6.45, 7) is 0. The molecule has 1 N–H and O–H groups in total. The first kappa shape index (κ1) is 12.4. The van der Waals surface area contributed by atoms with E-state index < -0.39 is 23.2 Å². The molecule has 0 bridgehead atoms. The van der Waals surface area contributed by atoms with Gasteiger partial charge in [0.1, 0.15) is 22.5 Å². The van der Waals surface area contributed by atoms with Gasteiger partial charge in [0, 0.05) is 6.20 Å². The van der Waals surface area contributed by atoms with Crippen LogP contribution in [-0.2, 0) is 0 Å². The monoisotopic (exact) mass is 268 g/mol. The van der Waals surface area contributed by atoms with Crippen LogP contribution in [0.15, 0.2) is 36.5 Å². The van der Waals surface area contributed by atoms with Crippen LogP contribution in [-0.4, -0.2) is 10.9 Å². The van der Waals surface area contributed by atoms with E-state index in [9.17, 15) is 13.6 Å². The molecule has 1 amide bonds. The fraction of sp³-hybridized carbons (Fsp3) is 0. The number of aromatic nitrogens is 1. The number of pyridine rings is 1. The topological polar surface area (TPSA) is 42.0 Å². The number of benzene rings is 1. The Hall–Kier alpha value is -2.01. The minimum atomic E-state index is -0.858. The Morgan fingerprint density at radius 1 is 1.17 bits per heavy atom. The van der Waals surface area contributed by atoms with Crippen LogP contribution in [0.4, 0.5) is 14.5 Å². The van der Waals surface area contributed by atoms with Crippen molar-refractivity contribution in [1.82, 2.24) is 4.98 Å². The SMILES string of the molecule is O=C(Nc1c(F)cccc1F)c1cccnc1Cl. The van der Waals surface area contributed by atoms with Gasteiger partial charge in [-0.05, 0) is 24.3 Å². The van der Waals surface area contributed by atoms with Crippen molar-refractivity contribution in [3.63, 3.8) is 0 Å². The van der Waals surface area contributed by atoms with Gasteiger partial charge in [0.25, 0.3) is 5.91 Å². The van der Waals surface area contributed by atoms with Gasteiger partial charge in [0.15, 0.2) is 0 Å². The van der Waals surface area contributed by atoms with Crippen LogP contribution in [0.2, 0.25) is 5.15 Å². The van der Waals surface area contributed by atoms with Crippen LogP contribution in [0.3, 0.4) is 0 Å². The largest absolute Gasteiger partial charge is 0.317 e. The summed E-state index contributed by atoms with van der Waals surface area (Å²) in [7, 11) is 0. The van der Waals surface area contributed by atoms with E-state index in [1.165, 1.54) is 24.4 Å². The summed E-state index contributed by atoms with van der Waals surface area (Å²) in [5, 5.41) is 2.09. The minimum absolute atomic E-state index is 0.0354. The molecule has 2 aromatic rings. The first-order chi connectivity index (χ1) is 8.59. The maximum absolute atomic E-state index is 13.3. The Balaban J connectivity index is 2.30. The number of para-hydroxylation sites is 1. The summed E-state index contributed by atoms with van der Waals surface area (Å²) < 4.78 is 26.6. The molecule has 0 radical (unpaired) electrons. The highest BCUT2D eigenvalue weighted by Gasteiger charge is 2.15. The molecule has 0 atom stereocenters. The predicted molar refractivity (Wildman–Crippen MR) is 63.6 cm³/mol. The number of nitrogens with one attached hydrogen (secondary N) is 1. The molecule has 0 spiro atoms. The van der Waals surface area contributed by atoms with E-state index in [1.54, 1.807) is 0 Å². The summed E-state index contributed by atoms with van der Waals surface area (Å²) >= 11 is 5.71. The van der Waals surface area contributed by atoms with Crippen LogP contribution in [0.25, 0.3) is 0 Å². The lowest BCUT2D eigenvalue weighted by atomic mass is 10.2. The number of carbonyl (C=O) groups excluding carboxylic acids is 1. The first-order valence-electron chi connectivity index (χ1n) is 4.95. The van der Waals surface area contributed by atoms with Crippen LogP contribution < -0.4 is 5.32 Å². The van der Waals surface area contributed by atoms with Gasteiger partial charge < -0.3 is 5.32 Å². The molecule has 0 aliphatic rings. The van der Waals surface area contributed by atoms with Crippen LogP contribution in [0, 0.1) is 11.6 Å². The number of carbonyl (C=O) groups is 1. The van der Waals surface area contributed by atoms with Crippen LogP contribution in [0.5, 0.6) is 0 Å². The summed E-state index contributed by atoms with van der Waals surface area (Å²) in [6.07, 6.45) is 1.41. The molecule has 0 saturated heterocycles. The molecule has 92 valence electrons. The zero-order valence-electron chi connectivity index (χ0n) is 8.95. The van der Waals surface area contributed by atoms with E-state index in [2.05, 4.69) is 10.3 Å². The average Bonchev–Trinajstić information content (AvgIpc) is 2.34. The minimum Gasteiger partial charge on any atom is -0.317 e. The molecule has 18 heavy (non-hydrogen) atoms. The number of anilines is 1. The third kappa shape index (κ3) is 2.46. The van der Waals surface area contributed by atoms with Gasteiger partial charge >= 0.3 is 0 Å². The van der Waals surface area contributed by atoms with Crippen molar-refractivity contribution in [3.05, 3.63) is 58.9 Å². The molecule has 0 saturated carbocycles. The van der Waals surface area contributed by atoms with Gasteiger partial charge in [-0.15, -0.1) is 0 Å². The van der Waals surface area contributed by atoms with E-state index in [4.69, 9.17) is 11.6 Å². The van der Waals surface area contributed by atoms with E-state index in [0.29, 0.717) is 0 Å². The number of nitrogens with zero attached hydrogens (tertiary/aromatic N) is 1. The summed E-state index contributed by atoms with van der Waals surface area (Å²) in [5.41, 5.74) is -0.468. The average molecular weight is 269 g/mol. The Morgan fingerprint density at radius 3 is 2.44 bits per heavy atom. The van der Waals surface area contributed by atoms with E-state index in [0.717, 1.165) is 12.1 Å². The lowest BCUT2D eigenvalue weighted by Crippen LogP contribution is -2.15. The molecule has 1 aromatic heterocycles. The molecule has 0 unspecified atom stereocenters. The third-order valence-electron chi connectivity index (χ3n) is 2.21. The molecule has 0 aliphatic heterocycles. The lowest BCUT2D eigenvalue weighted by molar-refractivity contribution is 0.102. The van der Waals surface area contributed by atoms with Crippen molar-refractivity contribution in [2.75, 3.05) is 5.32 Å². The predicted octanol–water partition coefficient (Wildman–Crippen LogP) is 3.27. The number of halogens is 3. The Labute approximate surface area is 106 Å². The molecule has 1 aromatic carbocycles. The molecule has 0 aliphatic carbocycles. The standard InChI is InChI=1S/C12H7ClF2N2O/c13-11-7(3-2-6-16-11)12(18)17-10-8(14)4-1-5-9(10)15/h1-6H,(H,17,18). The number of hydrogen-bond donors (Lipinski definition) is 1. The Bertz CT molecular complexity index is 584. The van der Waals surface area contributed by atoms with Gasteiger partial charge in [-0.2, -0.15) is 0 Å². The van der Waals surface area contributed by atoms with Crippen molar-refractivity contribution < 1.29 is 13.6 Å². The first-order valence-corrected chi connectivity index (χ1v) is 5.33. The highest BCUT2D eigenvalue weighted by atomic mass is 35.5. The van der Waals surface area contributed by atoms with E-state index in [1.807, 2.05) is 0 Å². The zero-order valence-corrected chi connectivity index (χ0v) is 9.71. The molecule has 6 heteroatoms. The van der Waals surface area contributed by atoms with Gasteiger partial charge in [0.2, 0.25) is 0 Å². The van der Waals surface area contributed by atoms with Crippen molar-refractivity contribution in [3.8, 4) is 0 Å². The van der Waals surface area contributed by atoms with E-state index >= 15 is 0 Å². The molecular weight excluding hydrogens is 262 g/mol. The van der Waals surface area contributed by atoms with Gasteiger partial charge in [-0.3, -0.25) is 4.79 Å². The maximum atomic E-state index is 13.3. The Morgan fingerprint density at radius 2 is 1.83 bits per heavy atom. The van der Waals surface area contributed by atoms with E-state index in [-0.39, 0.29) is 10.7 Å². The summed E-state index contributed by atoms with van der Waals surface area (Å²) in [5.74, 6) is -2.44. The number of rotatable bonds is 2. The Kier molecular flexibility index (Phi) is 3.53. The maximum Gasteiger partial charge on any atom is 0.258 e. The van der Waals surface area contributed by atoms with Crippen molar-refractivity contribution in [1.29, 1.82) is 0 Å².